The molecule has 0 aromatic carbocycles. The molecule has 3 unspecified atom stereocenters. The SMILES string of the molecule is CCCCCC(C#N)(CC)CC1(C(=O)O)CCCCC1O. The van der Waals surface area contributed by atoms with E-state index in [1.54, 1.807) is 0 Å². The molecular weight excluding hydrogens is 266 g/mol. The Labute approximate surface area is 128 Å². The minimum atomic E-state index is -1.13. The van der Waals surface area contributed by atoms with Gasteiger partial charge < -0.3 is 10.2 Å². The van der Waals surface area contributed by atoms with Gasteiger partial charge in [-0.3, -0.25) is 4.79 Å². The van der Waals surface area contributed by atoms with Crippen LogP contribution in [-0.2, 0) is 4.79 Å². The maximum absolute atomic E-state index is 11.9. The lowest BCUT2D eigenvalue weighted by Gasteiger charge is -2.42. The first-order chi connectivity index (χ1) is 9.96. The summed E-state index contributed by atoms with van der Waals surface area (Å²) in [5.74, 6) is -0.932. The third-order valence-electron chi connectivity index (χ3n) is 5.24. The zero-order chi connectivity index (χ0) is 15.9. The largest absolute Gasteiger partial charge is 0.481 e. The maximum atomic E-state index is 11.9. The fraction of sp³-hybridized carbons (Fsp3) is 0.882. The van der Waals surface area contributed by atoms with Gasteiger partial charge in [0.1, 0.15) is 0 Å². The fourth-order valence-electron chi connectivity index (χ4n) is 3.63. The first kappa shape index (κ1) is 18.0. The molecule has 1 rings (SSSR count). The zero-order valence-corrected chi connectivity index (χ0v) is 13.4. The smallest absolute Gasteiger partial charge is 0.312 e. The van der Waals surface area contributed by atoms with Gasteiger partial charge in [0, 0.05) is 0 Å². The molecule has 0 radical (unpaired) electrons. The average molecular weight is 295 g/mol. The van der Waals surface area contributed by atoms with Crippen molar-refractivity contribution < 1.29 is 15.0 Å². The monoisotopic (exact) mass is 295 g/mol. The first-order valence-corrected chi connectivity index (χ1v) is 8.29. The standard InChI is InChI=1S/C17H29NO3/c1-3-5-7-10-16(4-2,13-18)12-17(15(20)21)11-8-6-9-14(17)19/h14,19H,3-12H2,1-2H3,(H,20,21). The van der Waals surface area contributed by atoms with Crippen molar-refractivity contribution in [1.82, 2.24) is 0 Å². The van der Waals surface area contributed by atoms with Gasteiger partial charge in [-0.25, -0.2) is 0 Å². The Balaban J connectivity index is 2.97. The van der Waals surface area contributed by atoms with Gasteiger partial charge in [0.05, 0.1) is 23.0 Å². The van der Waals surface area contributed by atoms with Crippen LogP contribution < -0.4 is 0 Å². The summed E-state index contributed by atoms with van der Waals surface area (Å²) in [4.78, 5) is 11.9. The quantitative estimate of drug-likeness (QED) is 0.666. The number of unbranched alkanes of at least 4 members (excludes halogenated alkanes) is 2. The number of aliphatic hydroxyl groups is 1. The van der Waals surface area contributed by atoms with Crippen LogP contribution in [0, 0.1) is 22.2 Å². The zero-order valence-electron chi connectivity index (χ0n) is 13.4. The fourth-order valence-corrected chi connectivity index (χ4v) is 3.63. The van der Waals surface area contributed by atoms with Crippen LogP contribution in [0.1, 0.15) is 78.1 Å². The number of rotatable bonds is 8. The Bertz CT molecular complexity index is 390. The third-order valence-corrected chi connectivity index (χ3v) is 5.24. The Kier molecular flexibility index (Phi) is 6.67. The van der Waals surface area contributed by atoms with Crippen LogP contribution in [-0.4, -0.2) is 22.3 Å². The summed E-state index contributed by atoms with van der Waals surface area (Å²) in [7, 11) is 0. The van der Waals surface area contributed by atoms with E-state index >= 15 is 0 Å². The number of aliphatic carboxylic acids is 1. The van der Waals surface area contributed by atoms with Gasteiger partial charge in [-0.05, 0) is 32.1 Å². The van der Waals surface area contributed by atoms with Crippen molar-refractivity contribution in [2.24, 2.45) is 10.8 Å². The molecule has 0 spiro atoms. The first-order valence-electron chi connectivity index (χ1n) is 8.29. The molecule has 1 saturated carbocycles. The van der Waals surface area contributed by atoms with Crippen molar-refractivity contribution in [3.63, 3.8) is 0 Å². The molecule has 4 nitrogen and oxygen atoms in total. The topological polar surface area (TPSA) is 81.3 Å². The van der Waals surface area contributed by atoms with Crippen LogP contribution in [0.25, 0.3) is 0 Å². The van der Waals surface area contributed by atoms with Gasteiger partial charge in [-0.15, -0.1) is 0 Å². The number of hydrogen-bond acceptors (Lipinski definition) is 3. The van der Waals surface area contributed by atoms with Gasteiger partial charge in [-0.1, -0.05) is 46.0 Å². The molecule has 120 valence electrons. The van der Waals surface area contributed by atoms with Crippen molar-refractivity contribution in [1.29, 1.82) is 5.26 Å². The van der Waals surface area contributed by atoms with E-state index in [1.165, 1.54) is 0 Å². The van der Waals surface area contributed by atoms with Gasteiger partial charge in [0.15, 0.2) is 0 Å². The molecular formula is C17H29NO3. The number of carboxylic acid groups (broad SMARTS) is 1. The van der Waals surface area contributed by atoms with E-state index in [2.05, 4.69) is 13.0 Å². The molecule has 0 amide bonds. The number of nitriles is 1. The molecule has 1 aliphatic carbocycles. The van der Waals surface area contributed by atoms with Crippen LogP contribution in [0.4, 0.5) is 0 Å². The van der Waals surface area contributed by atoms with Crippen LogP contribution in [0.2, 0.25) is 0 Å². The molecule has 0 aromatic heterocycles. The number of hydrogen-bond donors (Lipinski definition) is 2. The van der Waals surface area contributed by atoms with Gasteiger partial charge in [-0.2, -0.15) is 5.26 Å². The lowest BCUT2D eigenvalue weighted by atomic mass is 9.61. The summed E-state index contributed by atoms with van der Waals surface area (Å²) >= 11 is 0. The van der Waals surface area contributed by atoms with Crippen molar-refractivity contribution in [2.45, 2.75) is 84.2 Å². The van der Waals surface area contributed by atoms with E-state index < -0.39 is 22.9 Å². The molecule has 0 saturated heterocycles. The molecule has 4 heteroatoms. The minimum absolute atomic E-state index is 0.285. The predicted molar refractivity (Wildman–Crippen MR) is 81.6 cm³/mol. The Morgan fingerprint density at radius 1 is 1.38 bits per heavy atom. The Morgan fingerprint density at radius 2 is 2.10 bits per heavy atom. The third kappa shape index (κ3) is 3.97. The number of nitrogens with zero attached hydrogens (tertiary/aromatic N) is 1. The highest BCUT2D eigenvalue weighted by molar-refractivity contribution is 5.75. The summed E-state index contributed by atoms with van der Waals surface area (Å²) < 4.78 is 0. The van der Waals surface area contributed by atoms with Crippen LogP contribution in [0.5, 0.6) is 0 Å². The normalized spacial score (nSPS) is 28.6. The van der Waals surface area contributed by atoms with Gasteiger partial charge in [0.25, 0.3) is 0 Å². The summed E-state index contributed by atoms with van der Waals surface area (Å²) in [5.41, 5.74) is -1.75. The molecule has 3 atom stereocenters. The molecule has 1 fully saturated rings. The second-order valence-electron chi connectivity index (χ2n) is 6.60. The number of carbonyl (C=O) groups is 1. The molecule has 0 heterocycles. The van der Waals surface area contributed by atoms with E-state index in [0.29, 0.717) is 19.3 Å². The molecule has 0 aliphatic heterocycles. The van der Waals surface area contributed by atoms with E-state index in [-0.39, 0.29) is 6.42 Å². The number of aliphatic hydroxyl groups excluding tert-OH is 1. The summed E-state index contributed by atoms with van der Waals surface area (Å²) in [6.07, 6.45) is 6.65. The lowest BCUT2D eigenvalue weighted by molar-refractivity contribution is -0.163. The van der Waals surface area contributed by atoms with Gasteiger partial charge >= 0.3 is 5.97 Å². The average Bonchev–Trinajstić information content (AvgIpc) is 2.48. The second kappa shape index (κ2) is 7.79. The maximum Gasteiger partial charge on any atom is 0.312 e. The Hall–Kier alpha value is -1.08. The van der Waals surface area contributed by atoms with E-state index in [4.69, 9.17) is 0 Å². The highest BCUT2D eigenvalue weighted by Crippen LogP contribution is 2.48. The van der Waals surface area contributed by atoms with Gasteiger partial charge in [0.2, 0.25) is 0 Å². The van der Waals surface area contributed by atoms with E-state index in [9.17, 15) is 20.3 Å². The van der Waals surface area contributed by atoms with Crippen LogP contribution in [0.15, 0.2) is 0 Å². The molecule has 1 aliphatic rings. The minimum Gasteiger partial charge on any atom is -0.481 e. The van der Waals surface area contributed by atoms with E-state index in [0.717, 1.165) is 38.5 Å². The summed E-state index contributed by atoms with van der Waals surface area (Å²) in [6, 6.07) is 2.40. The lowest BCUT2D eigenvalue weighted by Crippen LogP contribution is -2.48. The highest BCUT2D eigenvalue weighted by Gasteiger charge is 2.51. The molecule has 0 aromatic rings. The van der Waals surface area contributed by atoms with Crippen LogP contribution in [0.3, 0.4) is 0 Å². The summed E-state index contributed by atoms with van der Waals surface area (Å²) in [5, 5.41) is 29.7. The van der Waals surface area contributed by atoms with Crippen molar-refractivity contribution in [3.05, 3.63) is 0 Å². The van der Waals surface area contributed by atoms with E-state index in [1.807, 2.05) is 6.92 Å². The van der Waals surface area contributed by atoms with Crippen molar-refractivity contribution in [3.8, 4) is 6.07 Å². The highest BCUT2D eigenvalue weighted by atomic mass is 16.4. The molecule has 2 N–H and O–H groups in total. The van der Waals surface area contributed by atoms with Crippen molar-refractivity contribution >= 4 is 5.97 Å². The molecule has 21 heavy (non-hydrogen) atoms. The van der Waals surface area contributed by atoms with Crippen molar-refractivity contribution in [2.75, 3.05) is 0 Å². The number of carboxylic acids is 1. The predicted octanol–water partition coefficient (Wildman–Crippen LogP) is 3.88. The second-order valence-corrected chi connectivity index (χ2v) is 6.60. The Morgan fingerprint density at radius 3 is 2.57 bits per heavy atom. The summed E-state index contributed by atoms with van der Waals surface area (Å²) in [6.45, 7) is 4.07. The molecule has 0 bridgehead atoms. The van der Waals surface area contributed by atoms with Crippen LogP contribution >= 0.6 is 0 Å².